The van der Waals surface area contributed by atoms with E-state index in [1.807, 2.05) is 19.0 Å². The number of hydrogen-bond acceptors (Lipinski definition) is 3. The molecule has 1 amide bonds. The topological polar surface area (TPSA) is 43.8 Å². The van der Waals surface area contributed by atoms with E-state index >= 15 is 0 Å². The number of amides is 1. The summed E-state index contributed by atoms with van der Waals surface area (Å²) in [6.07, 6.45) is 8.51. The van der Waals surface area contributed by atoms with Gasteiger partial charge in [0, 0.05) is 32.0 Å². The molecule has 0 aromatic rings. The van der Waals surface area contributed by atoms with E-state index in [1.165, 1.54) is 0 Å². The normalized spacial score (nSPS) is 23.4. The van der Waals surface area contributed by atoms with Gasteiger partial charge in [0.15, 0.2) is 0 Å². The Balaban J connectivity index is 2.41. The van der Waals surface area contributed by atoms with Gasteiger partial charge in [-0.1, -0.05) is 0 Å². The molecule has 102 valence electrons. The molecule has 0 saturated carbocycles. The highest BCUT2D eigenvalue weighted by Crippen LogP contribution is 2.20. The number of aliphatic hydroxyl groups is 1. The third-order valence-corrected chi connectivity index (χ3v) is 3.25. The second-order valence-corrected chi connectivity index (χ2v) is 5.26. The SMILES string of the molecule is C#CCCCCC(=O)N1CC(O)CC1CN(C)C. The number of nitrogens with zero attached hydrogens (tertiary/aromatic N) is 2. The van der Waals surface area contributed by atoms with Crippen LogP contribution in [0, 0.1) is 12.3 Å². The van der Waals surface area contributed by atoms with E-state index in [2.05, 4.69) is 10.8 Å². The van der Waals surface area contributed by atoms with Crippen LogP contribution in [-0.2, 0) is 4.79 Å². The average molecular weight is 252 g/mol. The fourth-order valence-corrected chi connectivity index (χ4v) is 2.44. The number of carbonyl (C=O) groups is 1. The van der Waals surface area contributed by atoms with Gasteiger partial charge in [-0.3, -0.25) is 4.79 Å². The molecule has 2 unspecified atom stereocenters. The number of likely N-dealkylation sites (tertiary alicyclic amines) is 1. The van der Waals surface area contributed by atoms with Crippen LogP contribution in [0.2, 0.25) is 0 Å². The number of hydrogen-bond donors (Lipinski definition) is 1. The van der Waals surface area contributed by atoms with Gasteiger partial charge >= 0.3 is 0 Å². The molecule has 1 N–H and O–H groups in total. The van der Waals surface area contributed by atoms with Crippen molar-refractivity contribution in [3.63, 3.8) is 0 Å². The zero-order chi connectivity index (χ0) is 13.5. The van der Waals surface area contributed by atoms with Gasteiger partial charge in [0.2, 0.25) is 5.91 Å². The highest BCUT2D eigenvalue weighted by Gasteiger charge is 2.33. The minimum atomic E-state index is -0.371. The minimum Gasteiger partial charge on any atom is -0.391 e. The molecule has 0 bridgehead atoms. The molecule has 0 aromatic heterocycles. The summed E-state index contributed by atoms with van der Waals surface area (Å²) in [5.41, 5.74) is 0. The summed E-state index contributed by atoms with van der Waals surface area (Å²) in [5.74, 6) is 2.73. The lowest BCUT2D eigenvalue weighted by Crippen LogP contribution is -2.41. The van der Waals surface area contributed by atoms with E-state index < -0.39 is 0 Å². The number of likely N-dealkylation sites (N-methyl/N-ethyl adjacent to an activating group) is 1. The molecule has 0 aliphatic carbocycles. The van der Waals surface area contributed by atoms with Crippen LogP contribution in [-0.4, -0.2) is 60.1 Å². The summed E-state index contributed by atoms with van der Waals surface area (Å²) in [4.78, 5) is 16.0. The van der Waals surface area contributed by atoms with E-state index in [0.717, 1.165) is 25.8 Å². The number of rotatable bonds is 6. The van der Waals surface area contributed by atoms with Gasteiger partial charge in [-0.25, -0.2) is 0 Å². The van der Waals surface area contributed by atoms with E-state index in [4.69, 9.17) is 6.42 Å². The molecule has 0 aromatic carbocycles. The van der Waals surface area contributed by atoms with E-state index in [-0.39, 0.29) is 18.1 Å². The lowest BCUT2D eigenvalue weighted by molar-refractivity contribution is -0.132. The third kappa shape index (κ3) is 4.67. The summed E-state index contributed by atoms with van der Waals surface area (Å²) in [7, 11) is 3.97. The number of aliphatic hydroxyl groups excluding tert-OH is 1. The molecular weight excluding hydrogens is 228 g/mol. The maximum atomic E-state index is 12.1. The molecule has 1 rings (SSSR count). The Kier molecular flexibility index (Phi) is 6.17. The first-order chi connectivity index (χ1) is 8.54. The first kappa shape index (κ1) is 15.0. The first-order valence-corrected chi connectivity index (χ1v) is 6.60. The van der Waals surface area contributed by atoms with Gasteiger partial charge in [-0.05, 0) is 33.4 Å². The number of terminal acetylenes is 1. The molecule has 0 spiro atoms. The van der Waals surface area contributed by atoms with Gasteiger partial charge in [-0.15, -0.1) is 12.3 Å². The van der Waals surface area contributed by atoms with Crippen LogP contribution < -0.4 is 0 Å². The van der Waals surface area contributed by atoms with Crippen LogP contribution in [0.4, 0.5) is 0 Å². The van der Waals surface area contributed by atoms with Crippen molar-refractivity contribution < 1.29 is 9.90 Å². The monoisotopic (exact) mass is 252 g/mol. The largest absolute Gasteiger partial charge is 0.391 e. The van der Waals surface area contributed by atoms with Crippen molar-refractivity contribution in [1.29, 1.82) is 0 Å². The van der Waals surface area contributed by atoms with Gasteiger partial charge in [0.05, 0.1) is 6.10 Å². The Morgan fingerprint density at radius 2 is 2.22 bits per heavy atom. The zero-order valence-corrected chi connectivity index (χ0v) is 11.4. The highest BCUT2D eigenvalue weighted by atomic mass is 16.3. The average Bonchev–Trinajstić information content (AvgIpc) is 2.64. The Bertz CT molecular complexity index is 309. The van der Waals surface area contributed by atoms with Gasteiger partial charge in [0.1, 0.15) is 0 Å². The molecule has 4 nitrogen and oxygen atoms in total. The smallest absolute Gasteiger partial charge is 0.222 e. The van der Waals surface area contributed by atoms with Crippen LogP contribution in [0.5, 0.6) is 0 Å². The predicted octanol–water partition coefficient (Wildman–Crippen LogP) is 0.703. The van der Waals surface area contributed by atoms with Gasteiger partial charge < -0.3 is 14.9 Å². The maximum absolute atomic E-state index is 12.1. The van der Waals surface area contributed by atoms with Crippen molar-refractivity contribution in [2.75, 3.05) is 27.2 Å². The molecule has 2 atom stereocenters. The van der Waals surface area contributed by atoms with Gasteiger partial charge in [0.25, 0.3) is 0 Å². The predicted molar refractivity (Wildman–Crippen MR) is 72.0 cm³/mol. The van der Waals surface area contributed by atoms with E-state index in [0.29, 0.717) is 19.4 Å². The fourth-order valence-electron chi connectivity index (χ4n) is 2.44. The zero-order valence-electron chi connectivity index (χ0n) is 11.4. The number of unbranched alkanes of at least 4 members (excludes halogenated alkanes) is 2. The summed E-state index contributed by atoms with van der Waals surface area (Å²) in [6, 6.07) is 0.148. The highest BCUT2D eigenvalue weighted by molar-refractivity contribution is 5.76. The maximum Gasteiger partial charge on any atom is 0.222 e. The Morgan fingerprint density at radius 1 is 1.50 bits per heavy atom. The molecule has 4 heteroatoms. The van der Waals surface area contributed by atoms with Crippen molar-refractivity contribution in [2.24, 2.45) is 0 Å². The van der Waals surface area contributed by atoms with Crippen molar-refractivity contribution in [2.45, 2.75) is 44.2 Å². The molecule has 18 heavy (non-hydrogen) atoms. The molecule has 1 aliphatic heterocycles. The van der Waals surface area contributed by atoms with Gasteiger partial charge in [-0.2, -0.15) is 0 Å². The molecule has 0 radical (unpaired) electrons. The molecule has 1 saturated heterocycles. The van der Waals surface area contributed by atoms with Crippen LogP contribution in [0.25, 0.3) is 0 Å². The Labute approximate surface area is 110 Å². The van der Waals surface area contributed by atoms with Crippen molar-refractivity contribution >= 4 is 5.91 Å². The number of carbonyl (C=O) groups excluding carboxylic acids is 1. The van der Waals surface area contributed by atoms with E-state index in [9.17, 15) is 9.90 Å². The lowest BCUT2D eigenvalue weighted by atomic mass is 10.1. The third-order valence-electron chi connectivity index (χ3n) is 3.25. The summed E-state index contributed by atoms with van der Waals surface area (Å²) in [6.45, 7) is 1.29. The van der Waals surface area contributed by atoms with Crippen LogP contribution in [0.3, 0.4) is 0 Å². The number of β-amino-alcohol motifs (C(OH)–C–C–N with tert-alkyl or cyclic N) is 1. The van der Waals surface area contributed by atoms with Crippen molar-refractivity contribution in [3.05, 3.63) is 0 Å². The summed E-state index contributed by atoms with van der Waals surface area (Å²) >= 11 is 0. The molecular formula is C14H24N2O2. The Morgan fingerprint density at radius 3 is 2.83 bits per heavy atom. The molecule has 1 heterocycles. The lowest BCUT2D eigenvalue weighted by Gasteiger charge is -2.26. The minimum absolute atomic E-state index is 0.148. The van der Waals surface area contributed by atoms with Crippen LogP contribution >= 0.6 is 0 Å². The van der Waals surface area contributed by atoms with Crippen LogP contribution in [0.15, 0.2) is 0 Å². The first-order valence-electron chi connectivity index (χ1n) is 6.60. The van der Waals surface area contributed by atoms with Crippen molar-refractivity contribution in [3.8, 4) is 12.3 Å². The summed E-state index contributed by atoms with van der Waals surface area (Å²) < 4.78 is 0. The summed E-state index contributed by atoms with van der Waals surface area (Å²) in [5, 5.41) is 9.70. The van der Waals surface area contributed by atoms with Crippen LogP contribution in [0.1, 0.15) is 32.1 Å². The molecule has 1 aliphatic rings. The molecule has 1 fully saturated rings. The van der Waals surface area contributed by atoms with Crippen molar-refractivity contribution in [1.82, 2.24) is 9.80 Å². The standard InChI is InChI=1S/C14H24N2O2/c1-4-5-6-7-8-14(18)16-11-13(17)9-12(16)10-15(2)3/h1,12-13,17H,5-11H2,2-3H3. The van der Waals surface area contributed by atoms with E-state index in [1.54, 1.807) is 0 Å². The second kappa shape index (κ2) is 7.40. The quantitative estimate of drug-likeness (QED) is 0.559. The fraction of sp³-hybridized carbons (Fsp3) is 0.786. The second-order valence-electron chi connectivity index (χ2n) is 5.26. The Hall–Kier alpha value is -1.05.